The summed E-state index contributed by atoms with van der Waals surface area (Å²) in [6.45, 7) is 4.83. The Balaban J connectivity index is 1.44. The number of pyridine rings is 1. The molecule has 1 aliphatic rings. The molecule has 3 aromatic carbocycles. The van der Waals surface area contributed by atoms with Crippen LogP contribution in [0.15, 0.2) is 65.5 Å². The smallest absolute Gasteiger partial charge is 0.410 e. The zero-order valence-electron chi connectivity index (χ0n) is 23.5. The third-order valence-electron chi connectivity index (χ3n) is 7.51. The summed E-state index contributed by atoms with van der Waals surface area (Å²) in [7, 11) is 0. The fourth-order valence-corrected chi connectivity index (χ4v) is 5.82. The van der Waals surface area contributed by atoms with Gasteiger partial charge in [-0.3, -0.25) is 14.9 Å². The van der Waals surface area contributed by atoms with Crippen molar-refractivity contribution in [2.75, 3.05) is 13.2 Å². The highest BCUT2D eigenvalue weighted by atomic mass is 35.5. The Kier molecular flexibility index (Phi) is 8.77. The van der Waals surface area contributed by atoms with Crippen molar-refractivity contribution in [3.63, 3.8) is 0 Å². The van der Waals surface area contributed by atoms with Crippen LogP contribution in [0.3, 0.4) is 0 Å². The molecule has 1 atom stereocenters. The summed E-state index contributed by atoms with van der Waals surface area (Å²) in [5.74, 6) is 0.243. The molecule has 0 radical (unpaired) electrons. The number of piperidine rings is 1. The van der Waals surface area contributed by atoms with E-state index in [1.807, 2.05) is 62.4 Å². The molecule has 0 spiro atoms. The molecule has 1 unspecified atom stereocenters. The monoisotopic (exact) mass is 589 g/mol. The number of aryl methyl sites for hydroxylation is 2. The molecule has 5 rings (SSSR count). The molecule has 1 fully saturated rings. The minimum absolute atomic E-state index is 0.0832. The number of amides is 1. The number of nitrogens with one attached hydrogen (secondary N) is 1. The Hall–Kier alpha value is -4.37. The van der Waals surface area contributed by atoms with Crippen LogP contribution in [0.4, 0.5) is 10.5 Å². The van der Waals surface area contributed by atoms with Gasteiger partial charge in [0, 0.05) is 30.5 Å². The molecule has 1 saturated heterocycles. The number of carbonyl (C=O) groups is 1. The Labute approximate surface area is 248 Å². The number of hydrogen-bond donors (Lipinski definition) is 1. The van der Waals surface area contributed by atoms with E-state index in [1.165, 1.54) is 12.1 Å². The molecule has 42 heavy (non-hydrogen) atoms. The first-order valence-electron chi connectivity index (χ1n) is 13.9. The van der Waals surface area contributed by atoms with E-state index in [2.05, 4.69) is 4.98 Å². The van der Waals surface area contributed by atoms with Crippen LogP contribution in [-0.4, -0.2) is 40.1 Å². The summed E-state index contributed by atoms with van der Waals surface area (Å²) in [6, 6.07) is 17.9. The fraction of sp³-hybridized carbons (Fsp3) is 0.312. The van der Waals surface area contributed by atoms with Crippen molar-refractivity contribution < 1.29 is 19.2 Å². The van der Waals surface area contributed by atoms with Crippen molar-refractivity contribution in [2.24, 2.45) is 0 Å². The molecule has 10 heteroatoms. The Morgan fingerprint density at radius 2 is 1.83 bits per heavy atom. The summed E-state index contributed by atoms with van der Waals surface area (Å²) in [5.41, 5.74) is 3.43. The lowest BCUT2D eigenvalue weighted by Gasteiger charge is -2.35. The van der Waals surface area contributed by atoms with Gasteiger partial charge in [0.15, 0.2) is 0 Å². The van der Waals surface area contributed by atoms with Gasteiger partial charge in [0.2, 0.25) is 0 Å². The van der Waals surface area contributed by atoms with E-state index >= 15 is 0 Å². The van der Waals surface area contributed by atoms with E-state index in [9.17, 15) is 19.7 Å². The van der Waals surface area contributed by atoms with Crippen LogP contribution in [-0.2, 0) is 11.3 Å². The number of likely N-dealkylation sites (tertiary alicyclic amines) is 1. The number of halogens is 1. The zero-order valence-corrected chi connectivity index (χ0v) is 24.3. The topological polar surface area (TPSA) is 115 Å². The van der Waals surface area contributed by atoms with E-state index < -0.39 is 10.5 Å². The maximum absolute atomic E-state index is 13.4. The van der Waals surface area contributed by atoms with Crippen molar-refractivity contribution >= 4 is 34.3 Å². The van der Waals surface area contributed by atoms with Gasteiger partial charge in [-0.2, -0.15) is 0 Å². The van der Waals surface area contributed by atoms with Gasteiger partial charge in [0.1, 0.15) is 17.4 Å². The molecule has 1 aliphatic heterocycles. The fourth-order valence-electron chi connectivity index (χ4n) is 5.59. The Bertz CT molecular complexity index is 1670. The van der Waals surface area contributed by atoms with E-state index in [0.717, 1.165) is 36.0 Å². The van der Waals surface area contributed by atoms with E-state index in [4.69, 9.17) is 21.1 Å². The van der Waals surface area contributed by atoms with Crippen molar-refractivity contribution in [3.05, 3.63) is 103 Å². The third kappa shape index (κ3) is 6.41. The number of aromatic nitrogens is 1. The standard InChI is InChI=1S/C32H32ClN3O6/c1-20-14-21(2)16-23(15-20)29-30(25-17-28(36(39)40)26(33)18-27(25)34-31(29)37)41-13-11-24-10-6-7-12-35(24)32(38)42-19-22-8-4-3-5-9-22/h3-5,8-9,14-18,24H,6-7,10-13,19H2,1-2H3,(H,34,37). The first-order chi connectivity index (χ1) is 20.2. The minimum Gasteiger partial charge on any atom is -0.492 e. The molecular formula is C32H32ClN3O6. The van der Waals surface area contributed by atoms with Crippen molar-refractivity contribution in [1.82, 2.24) is 9.88 Å². The van der Waals surface area contributed by atoms with Crippen molar-refractivity contribution in [1.29, 1.82) is 0 Å². The molecule has 218 valence electrons. The van der Waals surface area contributed by atoms with E-state index in [-0.39, 0.29) is 47.4 Å². The van der Waals surface area contributed by atoms with Crippen LogP contribution in [0.2, 0.25) is 5.02 Å². The van der Waals surface area contributed by atoms with E-state index in [0.29, 0.717) is 29.4 Å². The zero-order chi connectivity index (χ0) is 29.8. The lowest BCUT2D eigenvalue weighted by atomic mass is 9.98. The second-order valence-electron chi connectivity index (χ2n) is 10.7. The number of fused-ring (bicyclic) bond motifs is 1. The quantitative estimate of drug-likeness (QED) is 0.170. The van der Waals surface area contributed by atoms with Crippen molar-refractivity contribution in [2.45, 2.75) is 52.2 Å². The summed E-state index contributed by atoms with van der Waals surface area (Å²) in [5, 5.41) is 12.0. The third-order valence-corrected chi connectivity index (χ3v) is 7.81. The van der Waals surface area contributed by atoms with Gasteiger partial charge in [-0.05, 0) is 50.3 Å². The molecule has 1 amide bonds. The average Bonchev–Trinajstić information content (AvgIpc) is 2.95. The van der Waals surface area contributed by atoms with Gasteiger partial charge in [-0.15, -0.1) is 0 Å². The number of aromatic amines is 1. The highest BCUT2D eigenvalue weighted by Crippen LogP contribution is 2.38. The molecule has 4 aromatic rings. The second-order valence-corrected chi connectivity index (χ2v) is 11.1. The van der Waals surface area contributed by atoms with Gasteiger partial charge < -0.3 is 19.4 Å². The van der Waals surface area contributed by atoms with Gasteiger partial charge in [-0.1, -0.05) is 71.3 Å². The van der Waals surface area contributed by atoms with Gasteiger partial charge in [-0.25, -0.2) is 4.79 Å². The number of nitro benzene ring substituents is 1. The number of nitro groups is 1. The number of rotatable bonds is 8. The van der Waals surface area contributed by atoms with Crippen LogP contribution in [0.1, 0.15) is 42.4 Å². The Morgan fingerprint density at radius 1 is 1.10 bits per heavy atom. The van der Waals surface area contributed by atoms with Gasteiger partial charge >= 0.3 is 6.09 Å². The number of benzene rings is 3. The summed E-state index contributed by atoms with van der Waals surface area (Å²) in [4.78, 5) is 42.2. The molecule has 1 N–H and O–H groups in total. The lowest BCUT2D eigenvalue weighted by Crippen LogP contribution is -2.44. The van der Waals surface area contributed by atoms with E-state index in [1.54, 1.807) is 4.90 Å². The summed E-state index contributed by atoms with van der Waals surface area (Å²) in [6.07, 6.45) is 2.78. The summed E-state index contributed by atoms with van der Waals surface area (Å²) < 4.78 is 11.9. The lowest BCUT2D eigenvalue weighted by molar-refractivity contribution is -0.384. The second kappa shape index (κ2) is 12.7. The minimum atomic E-state index is -0.561. The first kappa shape index (κ1) is 29.1. The predicted molar refractivity (Wildman–Crippen MR) is 162 cm³/mol. The number of carbonyl (C=O) groups excluding carboxylic acids is 1. The van der Waals surface area contributed by atoms with Gasteiger partial charge in [0.05, 0.1) is 22.6 Å². The predicted octanol–water partition coefficient (Wildman–Crippen LogP) is 7.33. The molecule has 2 heterocycles. The molecule has 0 aliphatic carbocycles. The van der Waals surface area contributed by atoms with Crippen LogP contribution < -0.4 is 10.3 Å². The maximum atomic E-state index is 13.4. The maximum Gasteiger partial charge on any atom is 0.410 e. The molecule has 1 aromatic heterocycles. The molecule has 0 saturated carbocycles. The number of hydrogen-bond acceptors (Lipinski definition) is 6. The van der Waals surface area contributed by atoms with Crippen LogP contribution >= 0.6 is 11.6 Å². The number of ether oxygens (including phenoxy) is 2. The number of nitrogens with zero attached hydrogens (tertiary/aromatic N) is 2. The SMILES string of the molecule is Cc1cc(C)cc(-c2c(OCCC3CCCCN3C(=O)OCc3ccccc3)c3cc([N+](=O)[O-])c(Cl)cc3[nH]c2=O)c1. The van der Waals surface area contributed by atoms with Crippen LogP contribution in [0.5, 0.6) is 5.75 Å². The van der Waals surface area contributed by atoms with Gasteiger partial charge in [0.25, 0.3) is 11.2 Å². The molecule has 9 nitrogen and oxygen atoms in total. The van der Waals surface area contributed by atoms with Crippen LogP contribution in [0, 0.1) is 24.0 Å². The normalized spacial score (nSPS) is 15.0. The summed E-state index contributed by atoms with van der Waals surface area (Å²) >= 11 is 6.16. The molecule has 0 bridgehead atoms. The first-order valence-corrected chi connectivity index (χ1v) is 14.3. The average molecular weight is 590 g/mol. The highest BCUT2D eigenvalue weighted by molar-refractivity contribution is 6.33. The van der Waals surface area contributed by atoms with Crippen molar-refractivity contribution in [3.8, 4) is 16.9 Å². The number of H-pyrrole nitrogens is 1. The largest absolute Gasteiger partial charge is 0.492 e. The van der Waals surface area contributed by atoms with Crippen LogP contribution in [0.25, 0.3) is 22.0 Å². The Morgan fingerprint density at radius 3 is 2.55 bits per heavy atom. The highest BCUT2D eigenvalue weighted by Gasteiger charge is 2.28. The molecular weight excluding hydrogens is 558 g/mol.